The third-order valence-electron chi connectivity index (χ3n) is 4.03. The smallest absolute Gasteiger partial charge is 0.267 e. The van der Waals surface area contributed by atoms with Crippen LogP contribution in [0.5, 0.6) is 0 Å². The van der Waals surface area contributed by atoms with Crippen molar-refractivity contribution in [2.45, 2.75) is 0 Å². The summed E-state index contributed by atoms with van der Waals surface area (Å²) in [5.74, 6) is -0.504. The molecular formula is C17H20N4O. The number of aromatic nitrogens is 1. The molecule has 1 aromatic carbocycles. The van der Waals surface area contributed by atoms with Gasteiger partial charge in [0.2, 0.25) is 0 Å². The number of carbonyl (C=O) groups excluding carboxylic acids is 1. The highest BCUT2D eigenvalue weighted by Gasteiger charge is 2.14. The lowest BCUT2D eigenvalue weighted by Gasteiger charge is -2.34. The van der Waals surface area contributed by atoms with Gasteiger partial charge in [-0.3, -0.25) is 4.79 Å². The molecule has 1 fully saturated rings. The van der Waals surface area contributed by atoms with Crippen LogP contribution in [0.4, 0.5) is 5.69 Å². The van der Waals surface area contributed by atoms with Gasteiger partial charge in [0.25, 0.3) is 5.91 Å². The lowest BCUT2D eigenvalue weighted by molar-refractivity contribution is 0.0995. The molecule has 0 saturated carbocycles. The van der Waals surface area contributed by atoms with Crippen molar-refractivity contribution in [2.24, 2.45) is 5.73 Å². The third kappa shape index (κ3) is 3.09. The lowest BCUT2D eigenvalue weighted by atomic mass is 10.1. The Morgan fingerprint density at radius 1 is 1.05 bits per heavy atom. The van der Waals surface area contributed by atoms with E-state index in [1.54, 1.807) is 12.1 Å². The van der Waals surface area contributed by atoms with Crippen LogP contribution in [0.2, 0.25) is 0 Å². The van der Waals surface area contributed by atoms with E-state index >= 15 is 0 Å². The van der Waals surface area contributed by atoms with Crippen LogP contribution in [0.25, 0.3) is 11.3 Å². The average Bonchev–Trinajstić information content (AvgIpc) is 2.56. The Balaban J connectivity index is 1.79. The van der Waals surface area contributed by atoms with Crippen molar-refractivity contribution < 1.29 is 4.79 Å². The zero-order valence-electron chi connectivity index (χ0n) is 12.7. The predicted octanol–water partition coefficient (Wildman–Crippen LogP) is 1.60. The van der Waals surface area contributed by atoms with E-state index in [-0.39, 0.29) is 0 Å². The summed E-state index contributed by atoms with van der Waals surface area (Å²) in [6, 6.07) is 13.6. The summed E-state index contributed by atoms with van der Waals surface area (Å²) in [6.07, 6.45) is 0. The number of primary amides is 1. The number of anilines is 1. The second-order valence-corrected chi connectivity index (χ2v) is 5.61. The third-order valence-corrected chi connectivity index (χ3v) is 4.03. The highest BCUT2D eigenvalue weighted by Crippen LogP contribution is 2.22. The van der Waals surface area contributed by atoms with Crippen molar-refractivity contribution in [1.82, 2.24) is 9.88 Å². The monoisotopic (exact) mass is 296 g/mol. The molecule has 0 spiro atoms. The molecule has 22 heavy (non-hydrogen) atoms. The number of hydrogen-bond donors (Lipinski definition) is 1. The molecule has 0 radical (unpaired) electrons. The molecule has 1 aliphatic heterocycles. The summed E-state index contributed by atoms with van der Waals surface area (Å²) >= 11 is 0. The van der Waals surface area contributed by atoms with E-state index in [0.29, 0.717) is 5.69 Å². The maximum absolute atomic E-state index is 11.2. The van der Waals surface area contributed by atoms with E-state index in [1.807, 2.05) is 18.2 Å². The van der Waals surface area contributed by atoms with Crippen molar-refractivity contribution in [3.8, 4) is 11.3 Å². The molecule has 0 bridgehead atoms. The summed E-state index contributed by atoms with van der Waals surface area (Å²) in [5, 5.41) is 0. The topological polar surface area (TPSA) is 62.5 Å². The summed E-state index contributed by atoms with van der Waals surface area (Å²) in [5.41, 5.74) is 8.55. The molecule has 1 amide bonds. The summed E-state index contributed by atoms with van der Waals surface area (Å²) in [4.78, 5) is 20.2. The van der Waals surface area contributed by atoms with Crippen molar-refractivity contribution >= 4 is 11.6 Å². The van der Waals surface area contributed by atoms with Crippen LogP contribution >= 0.6 is 0 Å². The summed E-state index contributed by atoms with van der Waals surface area (Å²) < 4.78 is 0. The van der Waals surface area contributed by atoms with Crippen LogP contribution in [-0.4, -0.2) is 49.0 Å². The second-order valence-electron chi connectivity index (χ2n) is 5.61. The highest BCUT2D eigenvalue weighted by molar-refractivity contribution is 5.91. The maximum Gasteiger partial charge on any atom is 0.267 e. The molecule has 1 saturated heterocycles. The van der Waals surface area contributed by atoms with Gasteiger partial charge in [0, 0.05) is 37.4 Å². The lowest BCUT2D eigenvalue weighted by Crippen LogP contribution is -2.44. The molecule has 0 atom stereocenters. The Kier molecular flexibility index (Phi) is 4.06. The number of carbonyl (C=O) groups is 1. The fourth-order valence-corrected chi connectivity index (χ4v) is 2.64. The predicted molar refractivity (Wildman–Crippen MR) is 87.9 cm³/mol. The molecule has 2 aromatic rings. The van der Waals surface area contributed by atoms with E-state index in [4.69, 9.17) is 5.73 Å². The molecule has 1 aromatic heterocycles. The second kappa shape index (κ2) is 6.15. The zero-order chi connectivity index (χ0) is 15.5. The number of nitrogens with two attached hydrogens (primary N) is 1. The molecule has 5 nitrogen and oxygen atoms in total. The molecule has 2 heterocycles. The highest BCUT2D eigenvalue weighted by atomic mass is 16.1. The minimum Gasteiger partial charge on any atom is -0.369 e. The van der Waals surface area contributed by atoms with E-state index in [1.165, 1.54) is 5.69 Å². The molecular weight excluding hydrogens is 276 g/mol. The van der Waals surface area contributed by atoms with Gasteiger partial charge >= 0.3 is 0 Å². The molecule has 3 rings (SSSR count). The average molecular weight is 296 g/mol. The van der Waals surface area contributed by atoms with Gasteiger partial charge in [-0.2, -0.15) is 0 Å². The number of likely N-dealkylation sites (N-methyl/N-ethyl adjacent to an activating group) is 1. The number of rotatable bonds is 3. The Hall–Kier alpha value is -2.40. The van der Waals surface area contributed by atoms with Crippen LogP contribution in [0.15, 0.2) is 42.5 Å². The van der Waals surface area contributed by atoms with Gasteiger partial charge in [0.05, 0.1) is 5.69 Å². The first-order valence-corrected chi connectivity index (χ1v) is 7.44. The van der Waals surface area contributed by atoms with Crippen molar-refractivity contribution in [3.05, 3.63) is 48.2 Å². The standard InChI is InChI=1S/C17H20N4O/c1-20-9-11-21(12-10-20)14-7-5-13(6-8-14)15-3-2-4-16(19-15)17(18)22/h2-8H,9-12H2,1H3,(H2,18,22). The normalized spacial score (nSPS) is 15.8. The minimum absolute atomic E-state index is 0.292. The first-order valence-electron chi connectivity index (χ1n) is 7.44. The number of benzene rings is 1. The zero-order valence-corrected chi connectivity index (χ0v) is 12.7. The molecule has 5 heteroatoms. The van der Waals surface area contributed by atoms with Crippen molar-refractivity contribution in [3.63, 3.8) is 0 Å². The van der Waals surface area contributed by atoms with Crippen LogP contribution in [-0.2, 0) is 0 Å². The van der Waals surface area contributed by atoms with E-state index in [0.717, 1.165) is 37.4 Å². The molecule has 0 unspecified atom stereocenters. The summed E-state index contributed by atoms with van der Waals surface area (Å²) in [6.45, 7) is 4.27. The van der Waals surface area contributed by atoms with Crippen LogP contribution in [0.1, 0.15) is 10.5 Å². The molecule has 114 valence electrons. The van der Waals surface area contributed by atoms with Gasteiger partial charge in [0.15, 0.2) is 0 Å². The van der Waals surface area contributed by atoms with Gasteiger partial charge in [-0.1, -0.05) is 18.2 Å². The van der Waals surface area contributed by atoms with E-state index in [2.05, 4.69) is 34.0 Å². The van der Waals surface area contributed by atoms with E-state index in [9.17, 15) is 4.79 Å². The number of hydrogen-bond acceptors (Lipinski definition) is 4. The number of amides is 1. The SMILES string of the molecule is CN1CCN(c2ccc(-c3cccc(C(N)=O)n3)cc2)CC1. The van der Waals surface area contributed by atoms with Crippen LogP contribution in [0.3, 0.4) is 0 Å². The Morgan fingerprint density at radius 3 is 2.36 bits per heavy atom. The van der Waals surface area contributed by atoms with Gasteiger partial charge in [-0.05, 0) is 31.3 Å². The Labute approximate surface area is 130 Å². The Bertz CT molecular complexity index is 661. The molecule has 0 aliphatic carbocycles. The molecule has 2 N–H and O–H groups in total. The van der Waals surface area contributed by atoms with Gasteiger partial charge in [-0.15, -0.1) is 0 Å². The number of pyridine rings is 1. The first-order chi connectivity index (χ1) is 10.6. The Morgan fingerprint density at radius 2 is 1.73 bits per heavy atom. The van der Waals surface area contributed by atoms with Gasteiger partial charge < -0.3 is 15.5 Å². The fraction of sp³-hybridized carbons (Fsp3) is 0.294. The quantitative estimate of drug-likeness (QED) is 0.934. The number of piperazine rings is 1. The number of nitrogens with zero attached hydrogens (tertiary/aromatic N) is 3. The van der Waals surface area contributed by atoms with Gasteiger partial charge in [0.1, 0.15) is 5.69 Å². The fourth-order valence-electron chi connectivity index (χ4n) is 2.64. The van der Waals surface area contributed by atoms with Crippen molar-refractivity contribution in [1.29, 1.82) is 0 Å². The minimum atomic E-state index is -0.504. The summed E-state index contributed by atoms with van der Waals surface area (Å²) in [7, 11) is 2.15. The molecule has 1 aliphatic rings. The van der Waals surface area contributed by atoms with Crippen LogP contribution in [0, 0.1) is 0 Å². The largest absolute Gasteiger partial charge is 0.369 e. The first kappa shape index (κ1) is 14.5. The van der Waals surface area contributed by atoms with Crippen LogP contribution < -0.4 is 10.6 Å². The van der Waals surface area contributed by atoms with Crippen molar-refractivity contribution in [2.75, 3.05) is 38.1 Å². The van der Waals surface area contributed by atoms with E-state index < -0.39 is 5.91 Å². The maximum atomic E-state index is 11.2. The van der Waals surface area contributed by atoms with Gasteiger partial charge in [-0.25, -0.2) is 4.98 Å².